The molecule has 0 amide bonds. The Bertz CT molecular complexity index is 211. The van der Waals surface area contributed by atoms with E-state index >= 15 is 0 Å². The Morgan fingerprint density at radius 1 is 1.19 bits per heavy atom. The van der Waals surface area contributed by atoms with Crippen LogP contribution >= 0.6 is 11.8 Å². The standard InChI is InChI=1S/C12H25BO2S/c1-7(2)14-6-10-11(15-8(3)4)9(5)12(13)16-10/h7-12H,6,13H2,1-5H3/t9-,10+,11?,12+/m0/s1. The molecule has 1 heterocycles. The Labute approximate surface area is 105 Å². The second-order valence-electron chi connectivity index (χ2n) is 5.27. The maximum absolute atomic E-state index is 6.04. The van der Waals surface area contributed by atoms with Crippen molar-refractivity contribution in [2.45, 2.75) is 63.3 Å². The fourth-order valence-corrected chi connectivity index (χ4v) is 3.61. The Hall–Kier alpha value is 0.335. The van der Waals surface area contributed by atoms with Gasteiger partial charge >= 0.3 is 0 Å². The average Bonchev–Trinajstić information content (AvgIpc) is 2.42. The fourth-order valence-electron chi connectivity index (χ4n) is 2.03. The van der Waals surface area contributed by atoms with E-state index in [-0.39, 0.29) is 0 Å². The van der Waals surface area contributed by atoms with E-state index in [1.807, 2.05) is 11.8 Å². The molecule has 1 rings (SSSR count). The van der Waals surface area contributed by atoms with Crippen molar-refractivity contribution in [3.8, 4) is 0 Å². The van der Waals surface area contributed by atoms with Crippen LogP contribution in [-0.2, 0) is 9.47 Å². The van der Waals surface area contributed by atoms with E-state index in [9.17, 15) is 0 Å². The summed E-state index contributed by atoms with van der Waals surface area (Å²) in [7, 11) is 2.29. The molecule has 1 unspecified atom stereocenters. The average molecular weight is 244 g/mol. The van der Waals surface area contributed by atoms with Gasteiger partial charge < -0.3 is 9.47 Å². The molecule has 0 aromatic rings. The quantitative estimate of drug-likeness (QED) is 0.688. The van der Waals surface area contributed by atoms with E-state index in [0.29, 0.717) is 34.6 Å². The summed E-state index contributed by atoms with van der Waals surface area (Å²) in [4.78, 5) is 0. The van der Waals surface area contributed by atoms with Crippen LogP contribution in [0.5, 0.6) is 0 Å². The van der Waals surface area contributed by atoms with E-state index in [2.05, 4.69) is 42.5 Å². The lowest BCUT2D eigenvalue weighted by atomic mass is 9.87. The summed E-state index contributed by atoms with van der Waals surface area (Å²) in [5.74, 6) is 0.619. The van der Waals surface area contributed by atoms with Gasteiger partial charge in [-0.3, -0.25) is 0 Å². The third-order valence-electron chi connectivity index (χ3n) is 3.04. The molecule has 0 N–H and O–H groups in total. The summed E-state index contributed by atoms with van der Waals surface area (Å²) >= 11 is 2.02. The van der Waals surface area contributed by atoms with Crippen LogP contribution in [0.25, 0.3) is 0 Å². The molecule has 4 heteroatoms. The zero-order chi connectivity index (χ0) is 12.3. The summed E-state index contributed by atoms with van der Waals surface area (Å²) in [5, 5.41) is 1.17. The van der Waals surface area contributed by atoms with Crippen LogP contribution in [0.3, 0.4) is 0 Å². The van der Waals surface area contributed by atoms with E-state index in [4.69, 9.17) is 9.47 Å². The first-order valence-electron chi connectivity index (χ1n) is 6.34. The van der Waals surface area contributed by atoms with Gasteiger partial charge in [0.15, 0.2) is 0 Å². The number of hydrogen-bond donors (Lipinski definition) is 0. The molecule has 94 valence electrons. The summed E-state index contributed by atoms with van der Waals surface area (Å²) in [6, 6.07) is 0. The molecule has 16 heavy (non-hydrogen) atoms. The number of ether oxygens (including phenoxy) is 2. The van der Waals surface area contributed by atoms with Crippen molar-refractivity contribution in [2.75, 3.05) is 6.61 Å². The largest absolute Gasteiger partial charge is 0.378 e. The summed E-state index contributed by atoms with van der Waals surface area (Å²) in [6.45, 7) is 11.5. The summed E-state index contributed by atoms with van der Waals surface area (Å²) in [5.41, 5.74) is 0. The molecule has 1 aliphatic rings. The zero-order valence-corrected chi connectivity index (χ0v) is 12.2. The molecule has 0 aliphatic carbocycles. The monoisotopic (exact) mass is 244 g/mol. The molecule has 2 nitrogen and oxygen atoms in total. The van der Waals surface area contributed by atoms with Gasteiger partial charge in [0, 0.05) is 0 Å². The molecule has 0 bridgehead atoms. The lowest BCUT2D eigenvalue weighted by Crippen LogP contribution is -2.34. The highest BCUT2D eigenvalue weighted by molar-refractivity contribution is 8.01. The van der Waals surface area contributed by atoms with Crippen LogP contribution in [0.4, 0.5) is 0 Å². The first-order valence-corrected chi connectivity index (χ1v) is 7.28. The van der Waals surface area contributed by atoms with Crippen molar-refractivity contribution in [1.82, 2.24) is 0 Å². The normalized spacial score (nSPS) is 35.2. The van der Waals surface area contributed by atoms with Crippen molar-refractivity contribution in [3.05, 3.63) is 0 Å². The lowest BCUT2D eigenvalue weighted by molar-refractivity contribution is -0.0326. The molecule has 0 aromatic carbocycles. The molecule has 1 saturated heterocycles. The van der Waals surface area contributed by atoms with Crippen LogP contribution < -0.4 is 0 Å². The third kappa shape index (κ3) is 3.97. The minimum atomic E-state index is 0.305. The predicted octanol–water partition coefficient (Wildman–Crippen LogP) is 1.92. The first-order chi connectivity index (χ1) is 7.41. The fraction of sp³-hybridized carbons (Fsp3) is 1.00. The van der Waals surface area contributed by atoms with Crippen molar-refractivity contribution in [3.63, 3.8) is 0 Å². The van der Waals surface area contributed by atoms with Gasteiger partial charge in [-0.25, -0.2) is 0 Å². The van der Waals surface area contributed by atoms with Gasteiger partial charge in [-0.15, -0.1) is 0 Å². The number of thioether (sulfide) groups is 1. The topological polar surface area (TPSA) is 18.5 Å². The van der Waals surface area contributed by atoms with Crippen molar-refractivity contribution in [2.24, 2.45) is 5.92 Å². The lowest BCUT2D eigenvalue weighted by Gasteiger charge is -2.25. The second-order valence-corrected chi connectivity index (χ2v) is 6.89. The minimum Gasteiger partial charge on any atom is -0.378 e. The van der Waals surface area contributed by atoms with Crippen LogP contribution in [-0.4, -0.2) is 43.2 Å². The maximum atomic E-state index is 6.04. The molecule has 1 fully saturated rings. The summed E-state index contributed by atoms with van der Waals surface area (Å²) in [6.07, 6.45) is 0.963. The van der Waals surface area contributed by atoms with Crippen molar-refractivity contribution >= 4 is 19.6 Å². The molecule has 0 spiro atoms. The highest BCUT2D eigenvalue weighted by atomic mass is 32.2. The molecule has 0 saturated carbocycles. The molecule has 0 radical (unpaired) electrons. The predicted molar refractivity (Wildman–Crippen MR) is 74.0 cm³/mol. The molecule has 1 aliphatic heterocycles. The van der Waals surface area contributed by atoms with Gasteiger partial charge in [-0.1, -0.05) is 6.92 Å². The Morgan fingerprint density at radius 3 is 2.31 bits per heavy atom. The Kier molecular flexibility index (Phi) is 5.68. The van der Waals surface area contributed by atoms with Crippen molar-refractivity contribution in [1.29, 1.82) is 0 Å². The highest BCUT2D eigenvalue weighted by Crippen LogP contribution is 2.39. The van der Waals surface area contributed by atoms with Crippen molar-refractivity contribution < 1.29 is 9.47 Å². The molecular weight excluding hydrogens is 219 g/mol. The van der Waals surface area contributed by atoms with Crippen LogP contribution in [0, 0.1) is 5.92 Å². The Morgan fingerprint density at radius 2 is 1.81 bits per heavy atom. The second kappa shape index (κ2) is 6.32. The van der Waals surface area contributed by atoms with Crippen LogP contribution in [0.15, 0.2) is 0 Å². The van der Waals surface area contributed by atoms with E-state index in [1.54, 1.807) is 0 Å². The number of rotatable bonds is 5. The van der Waals surface area contributed by atoms with Gasteiger partial charge in [-0.05, 0) is 38.8 Å². The van der Waals surface area contributed by atoms with E-state index < -0.39 is 0 Å². The maximum Gasteiger partial charge on any atom is 0.118 e. The van der Waals surface area contributed by atoms with E-state index in [0.717, 1.165) is 6.61 Å². The first kappa shape index (κ1) is 14.4. The molecular formula is C12H25BO2S. The van der Waals surface area contributed by atoms with Gasteiger partial charge in [-0.2, -0.15) is 11.8 Å². The van der Waals surface area contributed by atoms with Crippen LogP contribution in [0.1, 0.15) is 34.6 Å². The molecule has 0 aromatic heterocycles. The van der Waals surface area contributed by atoms with E-state index in [1.165, 1.54) is 0 Å². The van der Waals surface area contributed by atoms with Gasteiger partial charge in [0.1, 0.15) is 7.85 Å². The van der Waals surface area contributed by atoms with Gasteiger partial charge in [0.05, 0.1) is 30.2 Å². The number of hydrogen-bond acceptors (Lipinski definition) is 3. The third-order valence-corrected chi connectivity index (χ3v) is 4.65. The Balaban J connectivity index is 2.52. The smallest absolute Gasteiger partial charge is 0.118 e. The van der Waals surface area contributed by atoms with Gasteiger partial charge in [0.2, 0.25) is 0 Å². The molecule has 4 atom stereocenters. The minimum absolute atomic E-state index is 0.305. The van der Waals surface area contributed by atoms with Gasteiger partial charge in [0.25, 0.3) is 0 Å². The SMILES string of the molecule is B[C@@H]1S[C@H](COC(C)C)C(OC(C)C)[C@@H]1C. The zero-order valence-electron chi connectivity index (χ0n) is 11.4. The summed E-state index contributed by atoms with van der Waals surface area (Å²) < 4.78 is 11.8. The van der Waals surface area contributed by atoms with Crippen LogP contribution in [0.2, 0.25) is 0 Å². The highest BCUT2D eigenvalue weighted by Gasteiger charge is 2.40.